The lowest BCUT2D eigenvalue weighted by Gasteiger charge is -1.80. The van der Waals surface area contributed by atoms with Gasteiger partial charge < -0.3 is 0 Å². The zero-order chi connectivity index (χ0) is 9.86. The lowest BCUT2D eigenvalue weighted by Crippen LogP contribution is -1.80. The molecular formula is C10H22O. The first-order valence-electron chi connectivity index (χ1n) is 4.28. The highest BCUT2D eigenvalue weighted by Crippen LogP contribution is 1.86. The fraction of sp³-hybridized carbons (Fsp3) is 0.700. The summed E-state index contributed by atoms with van der Waals surface area (Å²) in [6, 6.07) is 0. The van der Waals surface area contributed by atoms with E-state index in [1.165, 1.54) is 0 Å². The molecule has 1 heteroatoms. The lowest BCUT2D eigenvalue weighted by atomic mass is 10.3. The number of ketones is 1. The van der Waals surface area contributed by atoms with Crippen LogP contribution in [0.2, 0.25) is 0 Å². The van der Waals surface area contributed by atoms with Gasteiger partial charge in [0.05, 0.1) is 0 Å². The van der Waals surface area contributed by atoms with Crippen molar-refractivity contribution in [2.24, 2.45) is 0 Å². The summed E-state index contributed by atoms with van der Waals surface area (Å²) in [5, 5.41) is 0. The van der Waals surface area contributed by atoms with Gasteiger partial charge >= 0.3 is 0 Å². The van der Waals surface area contributed by atoms with Crippen molar-refractivity contribution in [1.82, 2.24) is 0 Å². The predicted octanol–water partition coefficient (Wildman–Crippen LogP) is 3.59. The van der Waals surface area contributed by atoms with E-state index in [1.807, 2.05) is 41.5 Å². The van der Waals surface area contributed by atoms with Crippen LogP contribution in [-0.4, -0.2) is 5.78 Å². The highest BCUT2D eigenvalue weighted by atomic mass is 16.1. The molecule has 0 atom stereocenters. The van der Waals surface area contributed by atoms with Crippen molar-refractivity contribution in [3.05, 3.63) is 11.6 Å². The van der Waals surface area contributed by atoms with Gasteiger partial charge in [0.2, 0.25) is 0 Å². The molecule has 0 aromatic carbocycles. The Kier molecular flexibility index (Phi) is 24.7. The third kappa shape index (κ3) is 44.4. The number of rotatable bonds is 1. The summed E-state index contributed by atoms with van der Waals surface area (Å²) in [5.74, 6) is 0.125. The van der Waals surface area contributed by atoms with E-state index in [4.69, 9.17) is 0 Å². The normalized spacial score (nSPS) is 6.09. The van der Waals surface area contributed by atoms with Crippen LogP contribution in [0, 0.1) is 0 Å². The Balaban J connectivity index is -0.000000138. The van der Waals surface area contributed by atoms with Gasteiger partial charge in [-0.3, -0.25) is 4.79 Å². The molecule has 0 rings (SSSR count). The van der Waals surface area contributed by atoms with Crippen LogP contribution >= 0.6 is 0 Å². The van der Waals surface area contributed by atoms with Crippen LogP contribution < -0.4 is 0 Å². The van der Waals surface area contributed by atoms with Crippen LogP contribution in [0.1, 0.15) is 48.5 Å². The number of hydrogen-bond donors (Lipinski definition) is 0. The molecule has 0 spiro atoms. The molecule has 0 saturated carbocycles. The van der Waals surface area contributed by atoms with Gasteiger partial charge in [0.25, 0.3) is 0 Å². The fourth-order valence-electron chi connectivity index (χ4n) is 0.407. The van der Waals surface area contributed by atoms with E-state index in [9.17, 15) is 4.79 Å². The zero-order valence-corrected chi connectivity index (χ0v) is 8.99. The summed E-state index contributed by atoms with van der Waals surface area (Å²) in [7, 11) is 0. The Hall–Kier alpha value is -0.590. The minimum atomic E-state index is 0.125. The van der Waals surface area contributed by atoms with Crippen LogP contribution in [0.15, 0.2) is 11.6 Å². The Morgan fingerprint density at radius 1 is 0.909 bits per heavy atom. The Labute approximate surface area is 71.5 Å². The molecule has 0 heterocycles. The summed E-state index contributed by atoms with van der Waals surface area (Å²) in [4.78, 5) is 10.2. The van der Waals surface area contributed by atoms with Crippen molar-refractivity contribution >= 4 is 5.78 Å². The monoisotopic (exact) mass is 158 g/mol. The van der Waals surface area contributed by atoms with Crippen LogP contribution in [0.4, 0.5) is 0 Å². The van der Waals surface area contributed by atoms with Crippen molar-refractivity contribution in [3.63, 3.8) is 0 Å². The number of hydrogen-bond acceptors (Lipinski definition) is 1. The molecule has 0 bridgehead atoms. The summed E-state index contributed by atoms with van der Waals surface area (Å²) >= 11 is 0. The first-order chi connectivity index (χ1) is 5.13. The van der Waals surface area contributed by atoms with Gasteiger partial charge in [0, 0.05) is 0 Å². The van der Waals surface area contributed by atoms with Gasteiger partial charge in [-0.2, -0.15) is 0 Å². The van der Waals surface area contributed by atoms with E-state index in [2.05, 4.69) is 0 Å². The van der Waals surface area contributed by atoms with Crippen molar-refractivity contribution < 1.29 is 4.79 Å². The molecule has 0 aromatic heterocycles. The lowest BCUT2D eigenvalue weighted by molar-refractivity contribution is -0.112. The summed E-state index contributed by atoms with van der Waals surface area (Å²) in [6.45, 7) is 13.4. The predicted molar refractivity (Wildman–Crippen MR) is 52.8 cm³/mol. The van der Waals surface area contributed by atoms with E-state index in [-0.39, 0.29) is 5.78 Å². The maximum Gasteiger partial charge on any atom is 0.152 e. The van der Waals surface area contributed by atoms with E-state index < -0.39 is 0 Å². The molecule has 0 N–H and O–H groups in total. The molecule has 0 fully saturated rings. The average Bonchev–Trinajstić information content (AvgIpc) is 1.93. The highest BCUT2D eigenvalue weighted by molar-refractivity contribution is 5.87. The summed E-state index contributed by atoms with van der Waals surface area (Å²) in [5.41, 5.74) is 1.06. The number of carbonyl (C=O) groups is 1. The standard InChI is InChI=1S/C6H10O.2C2H6/c1-5(2)4-6(3)7;2*1-2/h4H,1-3H3;2*1-2H3. The molecular weight excluding hydrogens is 136 g/mol. The largest absolute Gasteiger partial charge is 0.295 e. The second kappa shape index (κ2) is 16.2. The Bertz CT molecular complexity index is 97.4. The molecule has 0 unspecified atom stereocenters. The SMILES string of the molecule is CC.CC.CC(=O)C=C(C)C. The van der Waals surface area contributed by atoms with Gasteiger partial charge in [-0.25, -0.2) is 0 Å². The topological polar surface area (TPSA) is 17.1 Å². The molecule has 1 nitrogen and oxygen atoms in total. The molecule has 0 saturated heterocycles. The van der Waals surface area contributed by atoms with Crippen molar-refractivity contribution in [1.29, 1.82) is 0 Å². The molecule has 0 aromatic rings. The van der Waals surface area contributed by atoms with E-state index in [0.717, 1.165) is 5.57 Å². The quantitative estimate of drug-likeness (QED) is 0.533. The Morgan fingerprint density at radius 3 is 1.18 bits per heavy atom. The number of carbonyl (C=O) groups excluding carboxylic acids is 1. The third-order valence-corrected chi connectivity index (χ3v) is 0.492. The number of allylic oxidation sites excluding steroid dienone is 2. The molecule has 0 aliphatic rings. The van der Waals surface area contributed by atoms with E-state index in [0.29, 0.717) is 0 Å². The van der Waals surface area contributed by atoms with Gasteiger partial charge in [-0.1, -0.05) is 33.3 Å². The van der Waals surface area contributed by atoms with Crippen molar-refractivity contribution in [2.75, 3.05) is 0 Å². The van der Waals surface area contributed by atoms with Gasteiger partial charge in [-0.15, -0.1) is 0 Å². The minimum absolute atomic E-state index is 0.125. The van der Waals surface area contributed by atoms with Crippen LogP contribution in [0.3, 0.4) is 0 Å². The second-order valence-corrected chi connectivity index (χ2v) is 1.83. The van der Waals surface area contributed by atoms with Crippen LogP contribution in [0.25, 0.3) is 0 Å². The zero-order valence-electron chi connectivity index (χ0n) is 8.99. The Morgan fingerprint density at radius 2 is 1.18 bits per heavy atom. The fourth-order valence-corrected chi connectivity index (χ4v) is 0.407. The minimum Gasteiger partial charge on any atom is -0.295 e. The average molecular weight is 158 g/mol. The van der Waals surface area contributed by atoms with Gasteiger partial charge in [0.1, 0.15) is 0 Å². The van der Waals surface area contributed by atoms with Gasteiger partial charge in [-0.05, 0) is 26.8 Å². The molecule has 68 valence electrons. The first kappa shape index (κ1) is 16.8. The maximum atomic E-state index is 10.2. The first-order valence-corrected chi connectivity index (χ1v) is 4.28. The maximum absolute atomic E-state index is 10.2. The van der Waals surface area contributed by atoms with Gasteiger partial charge in [0.15, 0.2) is 5.78 Å². The second-order valence-electron chi connectivity index (χ2n) is 1.83. The van der Waals surface area contributed by atoms with E-state index >= 15 is 0 Å². The third-order valence-electron chi connectivity index (χ3n) is 0.492. The van der Waals surface area contributed by atoms with Crippen LogP contribution in [0.5, 0.6) is 0 Å². The summed E-state index contributed by atoms with van der Waals surface area (Å²) < 4.78 is 0. The molecule has 0 aliphatic heterocycles. The van der Waals surface area contributed by atoms with Crippen molar-refractivity contribution in [3.8, 4) is 0 Å². The van der Waals surface area contributed by atoms with Crippen LogP contribution in [-0.2, 0) is 4.79 Å². The smallest absolute Gasteiger partial charge is 0.152 e. The highest BCUT2D eigenvalue weighted by Gasteiger charge is 1.80. The van der Waals surface area contributed by atoms with Crippen molar-refractivity contribution in [2.45, 2.75) is 48.5 Å². The van der Waals surface area contributed by atoms with E-state index in [1.54, 1.807) is 13.0 Å². The molecule has 11 heavy (non-hydrogen) atoms. The molecule has 0 aliphatic carbocycles. The summed E-state index contributed by atoms with van der Waals surface area (Å²) in [6.07, 6.45) is 1.61. The molecule has 0 radical (unpaired) electrons. The molecule has 0 amide bonds.